The van der Waals surface area contributed by atoms with Crippen LogP contribution >= 0.6 is 0 Å². The maximum Gasteiger partial charge on any atom is 0.266 e. The van der Waals surface area contributed by atoms with Gasteiger partial charge in [0.25, 0.3) is 10.0 Å². The Hall–Kier alpha value is -3.39. The number of anilines is 2. The van der Waals surface area contributed by atoms with Crippen LogP contribution in [-0.4, -0.2) is 40.9 Å². The fraction of sp³-hybridized carbons (Fsp3) is 0.321. The van der Waals surface area contributed by atoms with Gasteiger partial charge < -0.3 is 9.64 Å². The van der Waals surface area contributed by atoms with Crippen molar-refractivity contribution in [2.75, 3.05) is 35.9 Å². The predicted octanol–water partition coefficient (Wildman–Crippen LogP) is 5.46. The number of piperidine rings is 1. The van der Waals surface area contributed by atoms with Crippen molar-refractivity contribution in [3.05, 3.63) is 83.7 Å². The van der Waals surface area contributed by atoms with Crippen molar-refractivity contribution < 1.29 is 22.3 Å². The van der Waals surface area contributed by atoms with E-state index in [9.17, 15) is 17.6 Å². The minimum atomic E-state index is -3.90. The normalized spacial score (nSPS) is 14.5. The molecule has 1 aliphatic rings. The van der Waals surface area contributed by atoms with Gasteiger partial charge in [-0.05, 0) is 80.8 Å². The zero-order chi connectivity index (χ0) is 25.9. The van der Waals surface area contributed by atoms with Gasteiger partial charge in [-0.25, -0.2) is 12.8 Å². The fourth-order valence-electron chi connectivity index (χ4n) is 4.75. The van der Waals surface area contributed by atoms with Gasteiger partial charge in [0.2, 0.25) is 0 Å². The Balaban J connectivity index is 1.61. The van der Waals surface area contributed by atoms with E-state index in [2.05, 4.69) is 0 Å². The number of ketones is 1. The van der Waals surface area contributed by atoms with Gasteiger partial charge >= 0.3 is 0 Å². The summed E-state index contributed by atoms with van der Waals surface area (Å²) in [4.78, 5) is 15.2. The van der Waals surface area contributed by atoms with Crippen molar-refractivity contribution in [2.45, 2.75) is 31.6 Å². The zero-order valence-electron chi connectivity index (χ0n) is 20.8. The molecule has 190 valence electrons. The summed E-state index contributed by atoms with van der Waals surface area (Å²) in [6.07, 6.45) is 1.18. The highest BCUT2D eigenvalue weighted by Crippen LogP contribution is 2.37. The molecule has 0 amide bonds. The Kier molecular flexibility index (Phi) is 7.64. The second kappa shape index (κ2) is 10.7. The molecule has 1 saturated heterocycles. The van der Waals surface area contributed by atoms with E-state index in [-0.39, 0.29) is 29.0 Å². The summed E-state index contributed by atoms with van der Waals surface area (Å²) in [5.74, 6) is -0.0714. The zero-order valence-corrected chi connectivity index (χ0v) is 21.6. The highest BCUT2D eigenvalue weighted by atomic mass is 32.2. The molecule has 6 nitrogen and oxygen atoms in total. The molecule has 1 heterocycles. The SMILES string of the molecule is CCN(c1ccccc1OC)S(=O)(=O)c1ccc(C)cc1N1CCC(C(=O)c2ccc(F)cc2)CC1. The van der Waals surface area contributed by atoms with Crippen LogP contribution in [0.5, 0.6) is 5.75 Å². The van der Waals surface area contributed by atoms with Crippen LogP contribution in [0.1, 0.15) is 35.7 Å². The van der Waals surface area contributed by atoms with Crippen LogP contribution < -0.4 is 13.9 Å². The number of benzene rings is 3. The van der Waals surface area contributed by atoms with Gasteiger partial charge in [0.15, 0.2) is 5.78 Å². The van der Waals surface area contributed by atoms with Crippen LogP contribution in [-0.2, 0) is 10.0 Å². The number of rotatable bonds is 8. The smallest absolute Gasteiger partial charge is 0.266 e. The Morgan fingerprint density at radius 1 is 1.06 bits per heavy atom. The van der Waals surface area contributed by atoms with E-state index in [0.29, 0.717) is 48.6 Å². The number of sulfonamides is 1. The van der Waals surface area contributed by atoms with Crippen molar-refractivity contribution in [1.82, 2.24) is 0 Å². The Bertz CT molecular complexity index is 1330. The van der Waals surface area contributed by atoms with Crippen LogP contribution in [0.25, 0.3) is 0 Å². The molecule has 0 saturated carbocycles. The number of Topliss-reactive ketones (excluding diaryl/α,β-unsaturated/α-hetero) is 1. The highest BCUT2D eigenvalue weighted by Gasteiger charge is 2.32. The van der Waals surface area contributed by atoms with Gasteiger partial charge in [-0.15, -0.1) is 0 Å². The first-order chi connectivity index (χ1) is 17.3. The number of para-hydroxylation sites is 2. The maximum atomic E-state index is 14.0. The molecule has 3 aromatic rings. The lowest BCUT2D eigenvalue weighted by molar-refractivity contribution is 0.0900. The number of nitrogens with zero attached hydrogens (tertiary/aromatic N) is 2. The third kappa shape index (κ3) is 5.09. The number of aryl methyl sites for hydroxylation is 1. The molecule has 0 N–H and O–H groups in total. The van der Waals surface area contributed by atoms with Crippen LogP contribution in [0.15, 0.2) is 71.6 Å². The first-order valence-electron chi connectivity index (χ1n) is 12.1. The molecule has 8 heteroatoms. The topological polar surface area (TPSA) is 66.9 Å². The summed E-state index contributed by atoms with van der Waals surface area (Å²) >= 11 is 0. The summed E-state index contributed by atoms with van der Waals surface area (Å²) in [6, 6.07) is 18.1. The molecule has 0 spiro atoms. The lowest BCUT2D eigenvalue weighted by Crippen LogP contribution is -2.38. The molecule has 0 aromatic heterocycles. The van der Waals surface area contributed by atoms with Crippen LogP contribution in [0.2, 0.25) is 0 Å². The van der Waals surface area contributed by atoms with Gasteiger partial charge in [-0.3, -0.25) is 9.10 Å². The second-order valence-electron chi connectivity index (χ2n) is 8.95. The number of methoxy groups -OCH3 is 1. The molecule has 3 aromatic carbocycles. The van der Waals surface area contributed by atoms with Gasteiger partial charge in [0.05, 0.1) is 18.5 Å². The van der Waals surface area contributed by atoms with Crippen molar-refractivity contribution in [3.63, 3.8) is 0 Å². The van der Waals surface area contributed by atoms with Gasteiger partial charge in [0, 0.05) is 31.1 Å². The molecule has 0 unspecified atom stereocenters. The fourth-order valence-corrected chi connectivity index (χ4v) is 6.43. The van der Waals surface area contributed by atoms with E-state index in [1.807, 2.05) is 17.9 Å². The second-order valence-corrected chi connectivity index (χ2v) is 10.8. The molecule has 36 heavy (non-hydrogen) atoms. The third-order valence-electron chi connectivity index (χ3n) is 6.66. The van der Waals surface area contributed by atoms with Crippen molar-refractivity contribution >= 4 is 27.2 Å². The molecule has 1 fully saturated rings. The monoisotopic (exact) mass is 510 g/mol. The largest absolute Gasteiger partial charge is 0.495 e. The number of hydrogen-bond acceptors (Lipinski definition) is 5. The summed E-state index contributed by atoms with van der Waals surface area (Å²) in [5, 5.41) is 0. The van der Waals surface area contributed by atoms with E-state index >= 15 is 0 Å². The first-order valence-corrected chi connectivity index (χ1v) is 13.5. The van der Waals surface area contributed by atoms with E-state index in [4.69, 9.17) is 4.74 Å². The van der Waals surface area contributed by atoms with E-state index in [1.54, 1.807) is 43.3 Å². The van der Waals surface area contributed by atoms with Crippen molar-refractivity contribution in [3.8, 4) is 5.75 Å². The molecule has 1 aliphatic heterocycles. The highest BCUT2D eigenvalue weighted by molar-refractivity contribution is 7.93. The van der Waals surface area contributed by atoms with E-state index in [0.717, 1.165) is 5.56 Å². The number of hydrogen-bond donors (Lipinski definition) is 0. The van der Waals surface area contributed by atoms with Crippen molar-refractivity contribution in [1.29, 1.82) is 0 Å². The molecule has 4 rings (SSSR count). The summed E-state index contributed by atoms with van der Waals surface area (Å²) in [5.41, 5.74) is 2.58. The lowest BCUT2D eigenvalue weighted by atomic mass is 9.88. The third-order valence-corrected chi connectivity index (χ3v) is 8.59. The number of carbonyl (C=O) groups is 1. The molecule has 0 atom stereocenters. The van der Waals surface area contributed by atoms with E-state index < -0.39 is 10.0 Å². The summed E-state index contributed by atoms with van der Waals surface area (Å²) in [6.45, 7) is 5.06. The Labute approximate surface area is 212 Å². The van der Waals surface area contributed by atoms with Crippen molar-refractivity contribution in [2.24, 2.45) is 5.92 Å². The van der Waals surface area contributed by atoms with Crippen LogP contribution in [0.4, 0.5) is 15.8 Å². The van der Waals surface area contributed by atoms with Gasteiger partial charge in [0.1, 0.15) is 16.5 Å². The Morgan fingerprint density at radius 2 is 1.72 bits per heavy atom. The number of carbonyl (C=O) groups excluding carboxylic acids is 1. The minimum Gasteiger partial charge on any atom is -0.495 e. The molecular weight excluding hydrogens is 479 g/mol. The first kappa shape index (κ1) is 25.7. The van der Waals surface area contributed by atoms with Gasteiger partial charge in [-0.2, -0.15) is 0 Å². The molecular formula is C28H31FN2O4S. The molecule has 0 aliphatic carbocycles. The average Bonchev–Trinajstić information content (AvgIpc) is 2.89. The van der Waals surface area contributed by atoms with Crippen LogP contribution in [0.3, 0.4) is 0 Å². The summed E-state index contributed by atoms with van der Waals surface area (Å²) in [7, 11) is -2.38. The number of ether oxygens (including phenoxy) is 1. The minimum absolute atomic E-state index is 0.0000630. The standard InChI is InChI=1S/C28H31FN2O4S/c1-4-31(24-7-5-6-8-26(24)35-3)36(33,34)27-14-9-20(2)19-25(27)30-17-15-22(16-18-30)28(32)21-10-12-23(29)13-11-21/h5-14,19,22H,4,15-18H2,1-3H3. The Morgan fingerprint density at radius 3 is 2.36 bits per heavy atom. The molecule has 0 radical (unpaired) electrons. The number of halogens is 1. The van der Waals surface area contributed by atoms with Gasteiger partial charge in [-0.1, -0.05) is 18.2 Å². The summed E-state index contributed by atoms with van der Waals surface area (Å²) < 4.78 is 48.0. The molecule has 0 bridgehead atoms. The predicted molar refractivity (Wildman–Crippen MR) is 140 cm³/mol. The quantitative estimate of drug-likeness (QED) is 0.377. The lowest BCUT2D eigenvalue weighted by Gasteiger charge is -2.35. The average molecular weight is 511 g/mol. The van der Waals surface area contributed by atoms with Crippen LogP contribution in [0, 0.1) is 18.7 Å². The van der Waals surface area contributed by atoms with E-state index in [1.165, 1.54) is 35.7 Å². The maximum absolute atomic E-state index is 14.0.